The van der Waals surface area contributed by atoms with E-state index in [-0.39, 0.29) is 13.1 Å². The maximum atomic E-state index is 12.3. The van der Waals surface area contributed by atoms with Crippen molar-refractivity contribution in [2.24, 2.45) is 0 Å². The molecule has 1 aliphatic heterocycles. The van der Waals surface area contributed by atoms with E-state index in [0.717, 1.165) is 0 Å². The lowest BCUT2D eigenvalue weighted by atomic mass is 10.0. The van der Waals surface area contributed by atoms with Crippen molar-refractivity contribution in [2.75, 3.05) is 32.7 Å². The van der Waals surface area contributed by atoms with Gasteiger partial charge in [-0.15, -0.1) is 0 Å². The lowest BCUT2D eigenvalue weighted by Crippen LogP contribution is -2.51. The number of rotatable bonds is 4. The molecular weight excluding hydrogens is 285 g/mol. The van der Waals surface area contributed by atoms with E-state index in [0.29, 0.717) is 18.7 Å². The van der Waals surface area contributed by atoms with Gasteiger partial charge in [0.25, 0.3) is 0 Å². The molecule has 1 fully saturated rings. The minimum absolute atomic E-state index is 0.218. The lowest BCUT2D eigenvalue weighted by molar-refractivity contribution is -0.154. The third-order valence-electron chi connectivity index (χ3n) is 3.52. The fraction of sp³-hybridized carbons (Fsp3) is 0.500. The first-order valence-corrected chi connectivity index (χ1v) is 6.68. The average Bonchev–Trinajstić information content (AvgIpc) is 2.40. The standard InChI is InChI=1S/C14H17F3N2O2/c15-14(16,17)10-18-6-8-19(9-7-18)12(13(20)21)11-4-2-1-3-5-11/h1-5,12H,6-10H2,(H,20,21). The van der Waals surface area contributed by atoms with Gasteiger partial charge >= 0.3 is 12.1 Å². The number of carboxylic acids is 1. The molecule has 116 valence electrons. The molecule has 0 bridgehead atoms. The third-order valence-corrected chi connectivity index (χ3v) is 3.52. The van der Waals surface area contributed by atoms with Crippen LogP contribution in [0.3, 0.4) is 0 Å². The minimum Gasteiger partial charge on any atom is -0.480 e. The molecular formula is C14H17F3N2O2. The molecule has 1 unspecified atom stereocenters. The topological polar surface area (TPSA) is 43.8 Å². The molecule has 1 aromatic carbocycles. The molecule has 1 saturated heterocycles. The second-order valence-electron chi connectivity index (χ2n) is 5.08. The van der Waals surface area contributed by atoms with E-state index in [1.165, 1.54) is 4.90 Å². The lowest BCUT2D eigenvalue weighted by Gasteiger charge is -2.38. The number of halogens is 3. The molecule has 1 heterocycles. The summed E-state index contributed by atoms with van der Waals surface area (Å²) in [4.78, 5) is 14.5. The number of alkyl halides is 3. The van der Waals surface area contributed by atoms with Crippen molar-refractivity contribution >= 4 is 5.97 Å². The first-order valence-electron chi connectivity index (χ1n) is 6.68. The van der Waals surface area contributed by atoms with Gasteiger partial charge in [-0.2, -0.15) is 13.2 Å². The van der Waals surface area contributed by atoms with E-state index >= 15 is 0 Å². The Kier molecular flexibility index (Phi) is 4.84. The van der Waals surface area contributed by atoms with E-state index in [1.54, 1.807) is 35.2 Å². The van der Waals surface area contributed by atoms with Crippen molar-refractivity contribution in [3.63, 3.8) is 0 Å². The smallest absolute Gasteiger partial charge is 0.401 e. The molecule has 1 N–H and O–H groups in total. The van der Waals surface area contributed by atoms with Crippen LogP contribution in [0.25, 0.3) is 0 Å². The van der Waals surface area contributed by atoms with Crippen LogP contribution in [0.4, 0.5) is 13.2 Å². The number of benzene rings is 1. The van der Waals surface area contributed by atoms with Crippen molar-refractivity contribution in [3.05, 3.63) is 35.9 Å². The number of nitrogens with zero attached hydrogens (tertiary/aromatic N) is 2. The van der Waals surface area contributed by atoms with Crippen LogP contribution in [-0.4, -0.2) is 59.8 Å². The highest BCUT2D eigenvalue weighted by molar-refractivity contribution is 5.75. The van der Waals surface area contributed by atoms with Gasteiger partial charge in [0.05, 0.1) is 6.54 Å². The fourth-order valence-electron chi connectivity index (χ4n) is 2.58. The molecule has 0 aromatic heterocycles. The van der Waals surface area contributed by atoms with Crippen LogP contribution in [0.15, 0.2) is 30.3 Å². The van der Waals surface area contributed by atoms with Crippen molar-refractivity contribution in [3.8, 4) is 0 Å². The van der Waals surface area contributed by atoms with Gasteiger partial charge in [0.15, 0.2) is 0 Å². The molecule has 0 amide bonds. The second kappa shape index (κ2) is 6.44. The van der Waals surface area contributed by atoms with Gasteiger partial charge in [-0.25, -0.2) is 0 Å². The zero-order valence-electron chi connectivity index (χ0n) is 11.4. The number of aliphatic carboxylic acids is 1. The number of carboxylic acid groups (broad SMARTS) is 1. The summed E-state index contributed by atoms with van der Waals surface area (Å²) in [6.45, 7) is 0.111. The van der Waals surface area contributed by atoms with Crippen LogP contribution in [0.5, 0.6) is 0 Å². The average molecular weight is 302 g/mol. The van der Waals surface area contributed by atoms with Crippen LogP contribution in [-0.2, 0) is 4.79 Å². The first kappa shape index (κ1) is 15.8. The molecule has 0 saturated carbocycles. The Morgan fingerprint density at radius 2 is 1.71 bits per heavy atom. The Morgan fingerprint density at radius 3 is 2.19 bits per heavy atom. The van der Waals surface area contributed by atoms with Gasteiger partial charge in [-0.05, 0) is 5.56 Å². The molecule has 1 aromatic rings. The monoisotopic (exact) mass is 302 g/mol. The summed E-state index contributed by atoms with van der Waals surface area (Å²) in [5, 5.41) is 9.40. The molecule has 4 nitrogen and oxygen atoms in total. The zero-order valence-corrected chi connectivity index (χ0v) is 11.4. The Bertz CT molecular complexity index is 471. The molecule has 2 rings (SSSR count). The number of hydrogen-bond acceptors (Lipinski definition) is 3. The van der Waals surface area contributed by atoms with E-state index in [1.807, 2.05) is 0 Å². The Morgan fingerprint density at radius 1 is 1.14 bits per heavy atom. The van der Waals surface area contributed by atoms with Crippen LogP contribution >= 0.6 is 0 Å². The highest BCUT2D eigenvalue weighted by Crippen LogP contribution is 2.24. The van der Waals surface area contributed by atoms with Gasteiger partial charge in [0.2, 0.25) is 0 Å². The van der Waals surface area contributed by atoms with Crippen LogP contribution in [0.2, 0.25) is 0 Å². The molecule has 0 spiro atoms. The minimum atomic E-state index is -4.21. The maximum absolute atomic E-state index is 12.3. The number of piperazine rings is 1. The van der Waals surface area contributed by atoms with E-state index in [4.69, 9.17) is 0 Å². The number of hydrogen-bond donors (Lipinski definition) is 1. The zero-order chi connectivity index (χ0) is 15.5. The van der Waals surface area contributed by atoms with Crippen molar-refractivity contribution in [1.29, 1.82) is 0 Å². The highest BCUT2D eigenvalue weighted by atomic mass is 19.4. The highest BCUT2D eigenvalue weighted by Gasteiger charge is 2.35. The Balaban J connectivity index is 2.00. The van der Waals surface area contributed by atoms with Gasteiger partial charge in [-0.1, -0.05) is 30.3 Å². The van der Waals surface area contributed by atoms with Gasteiger partial charge in [-0.3, -0.25) is 14.6 Å². The maximum Gasteiger partial charge on any atom is 0.401 e. The summed E-state index contributed by atoms with van der Waals surface area (Å²) >= 11 is 0. The largest absolute Gasteiger partial charge is 0.480 e. The van der Waals surface area contributed by atoms with Crippen molar-refractivity contribution < 1.29 is 23.1 Å². The molecule has 1 aliphatic rings. The predicted molar refractivity (Wildman–Crippen MR) is 70.9 cm³/mol. The van der Waals surface area contributed by atoms with E-state index in [9.17, 15) is 23.1 Å². The van der Waals surface area contributed by atoms with Gasteiger partial charge in [0.1, 0.15) is 6.04 Å². The Hall–Kier alpha value is -1.60. The molecule has 0 radical (unpaired) electrons. The molecule has 7 heteroatoms. The SMILES string of the molecule is O=C(O)C(c1ccccc1)N1CCN(CC(F)(F)F)CC1. The van der Waals surface area contributed by atoms with E-state index < -0.39 is 24.7 Å². The van der Waals surface area contributed by atoms with E-state index in [2.05, 4.69) is 0 Å². The van der Waals surface area contributed by atoms with Crippen LogP contribution < -0.4 is 0 Å². The van der Waals surface area contributed by atoms with Crippen molar-refractivity contribution in [1.82, 2.24) is 9.80 Å². The summed E-state index contributed by atoms with van der Waals surface area (Å²) in [6, 6.07) is 7.95. The van der Waals surface area contributed by atoms with Crippen LogP contribution in [0, 0.1) is 0 Å². The summed E-state index contributed by atoms with van der Waals surface area (Å²) in [5.74, 6) is -0.981. The van der Waals surface area contributed by atoms with Gasteiger partial charge < -0.3 is 5.11 Å². The molecule has 0 aliphatic carbocycles. The quantitative estimate of drug-likeness (QED) is 0.924. The molecule has 21 heavy (non-hydrogen) atoms. The first-order chi connectivity index (χ1) is 9.87. The van der Waals surface area contributed by atoms with Crippen LogP contribution in [0.1, 0.15) is 11.6 Å². The van der Waals surface area contributed by atoms with Crippen molar-refractivity contribution in [2.45, 2.75) is 12.2 Å². The summed E-state index contributed by atoms with van der Waals surface area (Å²) in [5.41, 5.74) is 0.647. The Labute approximate surface area is 120 Å². The second-order valence-corrected chi connectivity index (χ2v) is 5.08. The third kappa shape index (κ3) is 4.44. The van der Waals surface area contributed by atoms with Gasteiger partial charge in [0, 0.05) is 26.2 Å². The fourth-order valence-corrected chi connectivity index (χ4v) is 2.58. The predicted octanol–water partition coefficient (Wildman–Crippen LogP) is 1.99. The summed E-state index contributed by atoms with van der Waals surface area (Å²) in [6.07, 6.45) is -4.21. The number of carbonyl (C=O) groups is 1. The molecule has 1 atom stereocenters. The summed E-state index contributed by atoms with van der Waals surface area (Å²) < 4.78 is 37.0. The normalized spacial score (nSPS) is 19.4. The summed E-state index contributed by atoms with van der Waals surface area (Å²) in [7, 11) is 0.